The molecule has 0 aliphatic carbocycles. The number of nitrogens with two attached hydrogens (primary N) is 1. The van der Waals surface area contributed by atoms with Crippen molar-refractivity contribution in [2.45, 2.75) is 18.1 Å². The lowest BCUT2D eigenvalue weighted by Crippen LogP contribution is -2.35. The minimum Gasteiger partial charge on any atom is -0.393 e. The number of aryl methyl sites for hydroxylation is 1. The van der Waals surface area contributed by atoms with Gasteiger partial charge in [0.05, 0.1) is 16.2 Å². The van der Waals surface area contributed by atoms with E-state index in [-0.39, 0.29) is 16.7 Å². The highest BCUT2D eigenvalue weighted by atomic mass is 32.2. The third-order valence-electron chi connectivity index (χ3n) is 2.28. The molecule has 0 bridgehead atoms. The molecule has 1 aromatic rings. The Bertz CT molecular complexity index is 509. The van der Waals surface area contributed by atoms with Gasteiger partial charge in [-0.15, -0.1) is 11.3 Å². The van der Waals surface area contributed by atoms with E-state index in [4.69, 9.17) is 18.0 Å². The molecule has 0 amide bonds. The topological polar surface area (TPSA) is 76.3 Å². The first-order valence-corrected chi connectivity index (χ1v) is 7.59. The molecule has 1 rings (SSSR count). The highest BCUT2D eigenvalue weighted by Crippen LogP contribution is 2.21. The van der Waals surface area contributed by atoms with Crippen LogP contribution in [0.5, 0.6) is 0 Å². The average Bonchev–Trinajstić information content (AvgIpc) is 2.64. The van der Waals surface area contributed by atoms with Gasteiger partial charge in [0.25, 0.3) is 10.0 Å². The number of thiazole rings is 1. The number of aromatic nitrogens is 1. The maximum absolute atomic E-state index is 12.1. The summed E-state index contributed by atoms with van der Waals surface area (Å²) in [4.78, 5) is 4.25. The van der Waals surface area contributed by atoms with Crippen LogP contribution in [0.1, 0.15) is 11.9 Å². The van der Waals surface area contributed by atoms with Crippen LogP contribution >= 0.6 is 23.6 Å². The Hall–Kier alpha value is -0.570. The Morgan fingerprint density at radius 2 is 2.29 bits per heavy atom. The fourth-order valence-corrected chi connectivity index (χ4v) is 3.84. The zero-order valence-electron chi connectivity index (χ0n) is 9.87. The second kappa shape index (κ2) is 5.38. The minimum atomic E-state index is -3.47. The second-order valence-electron chi connectivity index (χ2n) is 3.79. The van der Waals surface area contributed by atoms with Crippen molar-refractivity contribution in [3.8, 4) is 0 Å². The summed E-state index contributed by atoms with van der Waals surface area (Å²) in [6, 6.07) is 0. The molecule has 96 valence electrons. The number of nitrogens with zero attached hydrogens (tertiary/aromatic N) is 2. The summed E-state index contributed by atoms with van der Waals surface area (Å²) in [5.41, 5.74) is 5.47. The van der Waals surface area contributed by atoms with Gasteiger partial charge in [0.2, 0.25) is 0 Å². The van der Waals surface area contributed by atoms with Gasteiger partial charge in [-0.25, -0.2) is 13.4 Å². The van der Waals surface area contributed by atoms with Crippen LogP contribution in [-0.2, 0) is 10.0 Å². The second-order valence-corrected chi connectivity index (χ2v) is 7.77. The third-order valence-corrected chi connectivity index (χ3v) is 5.86. The number of hydrogen-bond donors (Lipinski definition) is 1. The van der Waals surface area contributed by atoms with E-state index < -0.39 is 10.0 Å². The molecule has 0 radical (unpaired) electrons. The van der Waals surface area contributed by atoms with E-state index in [0.29, 0.717) is 4.99 Å². The molecule has 0 aliphatic heterocycles. The Labute approximate surface area is 111 Å². The molecule has 0 fully saturated rings. The van der Waals surface area contributed by atoms with E-state index in [2.05, 4.69) is 4.98 Å². The lowest BCUT2D eigenvalue weighted by Gasteiger charge is -2.19. The van der Waals surface area contributed by atoms with Crippen LogP contribution < -0.4 is 5.73 Å². The SMILES string of the molecule is Cc1ncc(S(=O)(=O)N(C)CC(C)C(N)=S)s1. The highest BCUT2D eigenvalue weighted by Gasteiger charge is 2.25. The van der Waals surface area contributed by atoms with Crippen LogP contribution in [-0.4, -0.2) is 36.3 Å². The average molecular weight is 293 g/mol. The predicted octanol–water partition coefficient (Wildman–Crippen LogP) is 0.994. The van der Waals surface area contributed by atoms with Crippen LogP contribution in [0.15, 0.2) is 10.4 Å². The van der Waals surface area contributed by atoms with Crippen molar-refractivity contribution in [3.05, 3.63) is 11.2 Å². The van der Waals surface area contributed by atoms with Gasteiger partial charge in [0, 0.05) is 19.5 Å². The summed E-state index contributed by atoms with van der Waals surface area (Å²) < 4.78 is 25.7. The number of rotatable bonds is 5. The maximum atomic E-state index is 12.1. The summed E-state index contributed by atoms with van der Waals surface area (Å²) in [6.45, 7) is 3.84. The van der Waals surface area contributed by atoms with Crippen LogP contribution in [0.4, 0.5) is 0 Å². The molecule has 1 atom stereocenters. The van der Waals surface area contributed by atoms with Crippen LogP contribution in [0.2, 0.25) is 0 Å². The van der Waals surface area contributed by atoms with E-state index in [0.717, 1.165) is 16.3 Å². The van der Waals surface area contributed by atoms with Gasteiger partial charge in [-0.3, -0.25) is 0 Å². The van der Waals surface area contributed by atoms with Gasteiger partial charge in [-0.1, -0.05) is 19.1 Å². The van der Waals surface area contributed by atoms with E-state index >= 15 is 0 Å². The van der Waals surface area contributed by atoms with Gasteiger partial charge in [0.1, 0.15) is 0 Å². The van der Waals surface area contributed by atoms with E-state index in [1.54, 1.807) is 13.8 Å². The smallest absolute Gasteiger partial charge is 0.253 e. The quantitative estimate of drug-likeness (QED) is 0.819. The molecule has 1 unspecified atom stereocenters. The largest absolute Gasteiger partial charge is 0.393 e. The standard InChI is InChI=1S/C9H15N3O2S3/c1-6(9(10)15)5-12(3)17(13,14)8-4-11-7(2)16-8/h4,6H,5H2,1-3H3,(H2,10,15). The lowest BCUT2D eigenvalue weighted by molar-refractivity contribution is 0.446. The Balaban J connectivity index is 2.88. The summed E-state index contributed by atoms with van der Waals surface area (Å²) in [6.07, 6.45) is 1.37. The molecular formula is C9H15N3O2S3. The lowest BCUT2D eigenvalue weighted by atomic mass is 10.2. The normalized spacial score (nSPS) is 13.9. The van der Waals surface area contributed by atoms with Crippen molar-refractivity contribution in [1.82, 2.24) is 9.29 Å². The predicted molar refractivity (Wildman–Crippen MR) is 72.6 cm³/mol. The van der Waals surface area contributed by atoms with E-state index in [1.807, 2.05) is 0 Å². The number of thiocarbonyl (C=S) groups is 1. The van der Waals surface area contributed by atoms with Crippen molar-refractivity contribution in [2.75, 3.05) is 13.6 Å². The molecule has 0 saturated heterocycles. The zero-order chi connectivity index (χ0) is 13.2. The fraction of sp³-hybridized carbons (Fsp3) is 0.556. The number of sulfonamides is 1. The highest BCUT2D eigenvalue weighted by molar-refractivity contribution is 7.91. The van der Waals surface area contributed by atoms with Crippen molar-refractivity contribution < 1.29 is 8.42 Å². The first-order chi connectivity index (χ1) is 7.75. The Morgan fingerprint density at radius 1 is 1.71 bits per heavy atom. The van der Waals surface area contributed by atoms with Crippen LogP contribution in [0.3, 0.4) is 0 Å². The Morgan fingerprint density at radius 3 is 2.71 bits per heavy atom. The molecule has 17 heavy (non-hydrogen) atoms. The van der Waals surface area contributed by atoms with Gasteiger partial charge in [-0.05, 0) is 6.92 Å². The van der Waals surface area contributed by atoms with Crippen molar-refractivity contribution in [2.24, 2.45) is 11.7 Å². The van der Waals surface area contributed by atoms with Crippen LogP contribution in [0.25, 0.3) is 0 Å². The van der Waals surface area contributed by atoms with Gasteiger partial charge in [0.15, 0.2) is 4.21 Å². The summed E-state index contributed by atoms with van der Waals surface area (Å²) in [5, 5.41) is 0.722. The maximum Gasteiger partial charge on any atom is 0.253 e. The summed E-state index contributed by atoms with van der Waals surface area (Å²) in [7, 11) is -1.96. The zero-order valence-corrected chi connectivity index (χ0v) is 12.3. The molecule has 0 aromatic carbocycles. The number of hydrogen-bond acceptors (Lipinski definition) is 5. The van der Waals surface area contributed by atoms with Crippen molar-refractivity contribution in [3.63, 3.8) is 0 Å². The fourth-order valence-electron chi connectivity index (χ4n) is 1.19. The minimum absolute atomic E-state index is 0.154. The summed E-state index contributed by atoms with van der Waals surface area (Å²) in [5.74, 6) is -0.154. The van der Waals surface area contributed by atoms with Crippen molar-refractivity contribution in [1.29, 1.82) is 0 Å². The molecular weight excluding hydrogens is 278 g/mol. The molecule has 0 aliphatic rings. The van der Waals surface area contributed by atoms with E-state index in [9.17, 15) is 8.42 Å². The first-order valence-electron chi connectivity index (χ1n) is 4.93. The molecule has 8 heteroatoms. The third kappa shape index (κ3) is 3.44. The molecule has 1 aromatic heterocycles. The van der Waals surface area contributed by atoms with Crippen molar-refractivity contribution >= 4 is 38.6 Å². The summed E-state index contributed by atoms with van der Waals surface area (Å²) >= 11 is 5.98. The van der Waals surface area contributed by atoms with Crippen LogP contribution in [0, 0.1) is 12.8 Å². The van der Waals surface area contributed by atoms with Gasteiger partial charge in [-0.2, -0.15) is 4.31 Å². The van der Waals surface area contributed by atoms with Gasteiger partial charge >= 0.3 is 0 Å². The molecule has 5 nitrogen and oxygen atoms in total. The first kappa shape index (κ1) is 14.5. The molecule has 2 N–H and O–H groups in total. The molecule has 0 spiro atoms. The Kier molecular flexibility index (Phi) is 4.59. The van der Waals surface area contributed by atoms with E-state index in [1.165, 1.54) is 17.5 Å². The van der Waals surface area contributed by atoms with Gasteiger partial charge < -0.3 is 5.73 Å². The molecule has 1 heterocycles. The molecule has 0 saturated carbocycles. The monoisotopic (exact) mass is 293 g/mol.